The molecular formula is C14H4F25I. The van der Waals surface area contributed by atoms with Crippen LogP contribution >= 0.6 is 22.6 Å². The Kier molecular flexibility index (Phi) is 9.25. The summed E-state index contributed by atoms with van der Waals surface area (Å²) in [7, 11) is 0. The fraction of sp³-hybridized carbons (Fsp3) is 1.00. The highest BCUT2D eigenvalue weighted by Gasteiger charge is 2.99. The fourth-order valence-electron chi connectivity index (χ4n) is 2.21. The molecule has 0 nitrogen and oxygen atoms in total. The molecule has 242 valence electrons. The zero-order valence-electron chi connectivity index (χ0n) is 17.4. The van der Waals surface area contributed by atoms with Crippen molar-refractivity contribution >= 4 is 22.6 Å². The predicted octanol–water partition coefficient (Wildman–Crippen LogP) is 9.36. The van der Waals surface area contributed by atoms with Crippen molar-refractivity contribution in [3.05, 3.63) is 0 Å². The molecule has 0 saturated heterocycles. The highest BCUT2D eigenvalue weighted by molar-refractivity contribution is 14.1. The molecule has 0 aliphatic carbocycles. The lowest BCUT2D eigenvalue weighted by molar-refractivity contribution is -0.481. The Labute approximate surface area is 215 Å². The Bertz CT molecular complexity index is 922. The molecule has 0 aliphatic rings. The van der Waals surface area contributed by atoms with Crippen LogP contribution in [0, 0.1) is 0 Å². The molecule has 0 rings (SSSR count). The minimum atomic E-state index is -9.56. The first-order chi connectivity index (χ1) is 16.7. The molecule has 1 atom stereocenters. The molecule has 0 aromatic rings. The zero-order chi connectivity index (χ0) is 33.6. The molecule has 0 spiro atoms. The maximum atomic E-state index is 13.6. The maximum absolute atomic E-state index is 13.6. The minimum absolute atomic E-state index is 0.00817. The van der Waals surface area contributed by atoms with Gasteiger partial charge in [0.2, 0.25) is 0 Å². The van der Waals surface area contributed by atoms with Crippen LogP contribution in [0.1, 0.15) is 6.92 Å². The average Bonchev–Trinajstić information content (AvgIpc) is 2.71. The molecule has 0 aromatic carbocycles. The summed E-state index contributed by atoms with van der Waals surface area (Å²) in [6, 6.07) is 0. The molecule has 26 heteroatoms. The van der Waals surface area contributed by atoms with Crippen LogP contribution < -0.4 is 0 Å². The van der Waals surface area contributed by atoms with Crippen LogP contribution in [0.2, 0.25) is 0 Å². The summed E-state index contributed by atoms with van der Waals surface area (Å²) in [5.74, 6) is -97.7. The topological polar surface area (TPSA) is 0 Å². The third kappa shape index (κ3) is 4.43. The van der Waals surface area contributed by atoms with Gasteiger partial charge in [0.25, 0.3) is 0 Å². The van der Waals surface area contributed by atoms with Gasteiger partial charge >= 0.3 is 71.3 Å². The van der Waals surface area contributed by atoms with Gasteiger partial charge in [-0.3, -0.25) is 0 Å². The summed E-state index contributed by atoms with van der Waals surface area (Å²) < 4.78 is 327. The smallest absolute Gasteiger partial charge is 0.198 e. The first-order valence-electron chi connectivity index (χ1n) is 8.56. The molecule has 0 fully saturated rings. The van der Waals surface area contributed by atoms with Crippen molar-refractivity contribution in [3.8, 4) is 0 Å². The van der Waals surface area contributed by atoms with Crippen LogP contribution in [-0.4, -0.2) is 75.2 Å². The lowest BCUT2D eigenvalue weighted by Crippen LogP contribution is -2.78. The van der Waals surface area contributed by atoms with E-state index in [0.717, 1.165) is 0 Å². The SMILES string of the molecule is CC(I)C(F)(F)C(F)(F)C(F)(F)C(F)(F)C(F)(F)C(F)(F)C(F)(F)C(F)(F)C(F)(F)C(F)(F)C(F)(F)C(F)(F)F. The van der Waals surface area contributed by atoms with Gasteiger partial charge in [0.1, 0.15) is 0 Å². The van der Waals surface area contributed by atoms with Crippen molar-refractivity contribution in [2.24, 2.45) is 0 Å². The molecule has 0 N–H and O–H groups in total. The van der Waals surface area contributed by atoms with Crippen molar-refractivity contribution in [1.82, 2.24) is 0 Å². The number of halogens is 26. The van der Waals surface area contributed by atoms with Crippen molar-refractivity contribution < 1.29 is 110 Å². The van der Waals surface area contributed by atoms with Crippen molar-refractivity contribution in [3.63, 3.8) is 0 Å². The quantitative estimate of drug-likeness (QED) is 0.112. The molecule has 0 heterocycles. The Morgan fingerprint density at radius 1 is 0.300 bits per heavy atom. The normalized spacial score (nSPS) is 17.8. The van der Waals surface area contributed by atoms with E-state index in [1.165, 1.54) is 0 Å². The molecule has 0 aliphatic heterocycles. The second kappa shape index (κ2) is 9.49. The van der Waals surface area contributed by atoms with Crippen LogP contribution in [0.3, 0.4) is 0 Å². The molecule has 0 aromatic heterocycles. The van der Waals surface area contributed by atoms with E-state index in [1.54, 1.807) is 0 Å². The highest BCUT2D eigenvalue weighted by atomic mass is 127. The third-order valence-corrected chi connectivity index (χ3v) is 5.61. The summed E-state index contributed by atoms with van der Waals surface area (Å²) in [6.07, 6.45) is -8.15. The number of hydrogen-bond donors (Lipinski definition) is 0. The first kappa shape index (κ1) is 39.0. The molecule has 0 radical (unpaired) electrons. The second-order valence-electron chi connectivity index (χ2n) is 7.48. The van der Waals surface area contributed by atoms with Gasteiger partial charge in [0, 0.05) is 0 Å². The van der Waals surface area contributed by atoms with Gasteiger partial charge < -0.3 is 0 Å². The van der Waals surface area contributed by atoms with Crippen molar-refractivity contribution in [2.45, 2.75) is 82.2 Å². The molecular weight excluding hydrogens is 770 g/mol. The summed E-state index contributed by atoms with van der Waals surface area (Å²) in [4.78, 5) is 0. The van der Waals surface area contributed by atoms with Gasteiger partial charge in [0.05, 0.1) is 3.92 Å². The highest BCUT2D eigenvalue weighted by Crippen LogP contribution is 2.68. The fourth-order valence-corrected chi connectivity index (χ4v) is 2.61. The molecule has 40 heavy (non-hydrogen) atoms. The molecule has 0 bridgehead atoms. The molecule has 1 unspecified atom stereocenters. The minimum Gasteiger partial charge on any atom is -0.198 e. The van der Waals surface area contributed by atoms with Crippen LogP contribution in [-0.2, 0) is 0 Å². The number of hydrogen-bond acceptors (Lipinski definition) is 0. The van der Waals surface area contributed by atoms with Gasteiger partial charge in [-0.1, -0.05) is 22.6 Å². The lowest BCUT2D eigenvalue weighted by atomic mass is 9.84. The van der Waals surface area contributed by atoms with E-state index in [4.69, 9.17) is 0 Å². The summed E-state index contributed by atoms with van der Waals surface area (Å²) in [5, 5.41) is 0. The van der Waals surface area contributed by atoms with Gasteiger partial charge in [0.15, 0.2) is 0 Å². The van der Waals surface area contributed by atoms with Crippen LogP contribution in [0.4, 0.5) is 110 Å². The van der Waals surface area contributed by atoms with E-state index in [0.29, 0.717) is 0 Å². The summed E-state index contributed by atoms with van der Waals surface area (Å²) in [5.41, 5.74) is 0. The second-order valence-corrected chi connectivity index (χ2v) is 9.35. The molecule has 0 amide bonds. The van der Waals surface area contributed by atoms with Crippen molar-refractivity contribution in [2.75, 3.05) is 0 Å². The van der Waals surface area contributed by atoms with E-state index in [1.807, 2.05) is 0 Å². The molecule has 0 saturated carbocycles. The van der Waals surface area contributed by atoms with Gasteiger partial charge in [-0.15, -0.1) is 0 Å². The summed E-state index contributed by atoms with van der Waals surface area (Å²) in [6.45, 7) is -0.261. The average molecular weight is 774 g/mol. The first-order valence-corrected chi connectivity index (χ1v) is 9.80. The van der Waals surface area contributed by atoms with E-state index < -0.39 is 75.2 Å². The monoisotopic (exact) mass is 774 g/mol. The van der Waals surface area contributed by atoms with Gasteiger partial charge in [-0.2, -0.15) is 110 Å². The lowest BCUT2D eigenvalue weighted by Gasteiger charge is -2.45. The van der Waals surface area contributed by atoms with Crippen LogP contribution in [0.15, 0.2) is 0 Å². The van der Waals surface area contributed by atoms with E-state index in [-0.39, 0.29) is 29.5 Å². The van der Waals surface area contributed by atoms with Gasteiger partial charge in [-0.25, -0.2) is 0 Å². The number of alkyl halides is 26. The van der Waals surface area contributed by atoms with Crippen LogP contribution in [0.5, 0.6) is 0 Å². The number of rotatable bonds is 11. The van der Waals surface area contributed by atoms with E-state index in [9.17, 15) is 110 Å². The standard InChI is InChI=1S/C14H4F25I/c1-2(40)3(15,16)4(17,18)5(19,20)6(21,22)7(23,24)8(25,26)9(27,28)10(29,30)11(31,32)12(33,34)13(35,36)14(37,38)39/h2H,1H3. The Hall–Kier alpha value is -1.02. The van der Waals surface area contributed by atoms with Crippen molar-refractivity contribution in [1.29, 1.82) is 0 Å². The van der Waals surface area contributed by atoms with Crippen LogP contribution in [0.25, 0.3) is 0 Å². The maximum Gasteiger partial charge on any atom is 0.460 e. The van der Waals surface area contributed by atoms with E-state index >= 15 is 0 Å². The Morgan fingerprint density at radius 2 is 0.450 bits per heavy atom. The van der Waals surface area contributed by atoms with E-state index in [2.05, 4.69) is 0 Å². The third-order valence-electron chi connectivity index (χ3n) is 4.82. The Morgan fingerprint density at radius 3 is 0.600 bits per heavy atom. The zero-order valence-corrected chi connectivity index (χ0v) is 19.6. The summed E-state index contributed by atoms with van der Waals surface area (Å²) >= 11 is 0.00817. The Balaban J connectivity index is 7.35. The predicted molar refractivity (Wildman–Crippen MR) is 84.0 cm³/mol. The van der Waals surface area contributed by atoms with Gasteiger partial charge in [-0.05, 0) is 6.92 Å². The largest absolute Gasteiger partial charge is 0.460 e.